The Balaban J connectivity index is 1.29. The van der Waals surface area contributed by atoms with Crippen LogP contribution in [0.2, 0.25) is 10.0 Å². The summed E-state index contributed by atoms with van der Waals surface area (Å²) in [5.41, 5.74) is 1.33. The molecule has 2 aromatic rings. The average molecular weight is 662 g/mol. The van der Waals surface area contributed by atoms with Crippen LogP contribution in [0.15, 0.2) is 23.2 Å². The molecule has 0 atom stereocenters. The highest BCUT2D eigenvalue weighted by Gasteiger charge is 2.41. The number of aliphatic imine (C=N–C) groups is 1. The number of nitrogens with one attached hydrogen (secondary N) is 3. The second-order valence-corrected chi connectivity index (χ2v) is 12.1. The van der Waals surface area contributed by atoms with E-state index in [2.05, 4.69) is 25.9 Å². The van der Waals surface area contributed by atoms with Gasteiger partial charge in [0.15, 0.2) is 12.4 Å². The van der Waals surface area contributed by atoms with Crippen LogP contribution >= 0.6 is 23.2 Å². The molecular formula is C29H30Cl2F5N5O3. The summed E-state index contributed by atoms with van der Waals surface area (Å²) in [6.07, 6.45) is -4.36. The largest absolute Gasteiger partial charge is 0.471 e. The summed E-state index contributed by atoms with van der Waals surface area (Å²) in [5.74, 6) is -1.61. The number of carbonyl (C=O) groups is 2. The van der Waals surface area contributed by atoms with Gasteiger partial charge in [0.25, 0.3) is 12.3 Å². The van der Waals surface area contributed by atoms with Crippen molar-refractivity contribution >= 4 is 52.4 Å². The number of aromatic nitrogens is 1. The lowest BCUT2D eigenvalue weighted by Crippen LogP contribution is -2.40. The van der Waals surface area contributed by atoms with Gasteiger partial charge in [0.1, 0.15) is 11.4 Å². The van der Waals surface area contributed by atoms with Gasteiger partial charge in [0, 0.05) is 31.0 Å². The first-order valence-electron chi connectivity index (χ1n) is 14.3. The Bertz CT molecular complexity index is 1440. The molecule has 2 aliphatic carbocycles. The van der Waals surface area contributed by atoms with E-state index in [4.69, 9.17) is 27.9 Å². The fraction of sp³-hybridized carbons (Fsp3) is 0.517. The van der Waals surface area contributed by atoms with Crippen LogP contribution in [0.5, 0.6) is 5.88 Å². The molecule has 3 aliphatic rings. The van der Waals surface area contributed by atoms with Gasteiger partial charge in [-0.2, -0.15) is 18.2 Å². The van der Waals surface area contributed by atoms with Crippen molar-refractivity contribution in [2.75, 3.05) is 11.9 Å². The highest BCUT2D eigenvalue weighted by Crippen LogP contribution is 2.39. The summed E-state index contributed by atoms with van der Waals surface area (Å²) in [4.78, 5) is 33.9. The molecule has 0 saturated heterocycles. The van der Waals surface area contributed by atoms with E-state index in [1.54, 1.807) is 12.1 Å². The van der Waals surface area contributed by atoms with Gasteiger partial charge in [-0.3, -0.25) is 9.59 Å². The number of nitrogens with zero attached hydrogens (tertiary/aromatic N) is 2. The summed E-state index contributed by atoms with van der Waals surface area (Å²) in [6, 6.07) is 4.24. The second-order valence-electron chi connectivity index (χ2n) is 11.3. The van der Waals surface area contributed by atoms with Gasteiger partial charge in [-0.15, -0.1) is 0 Å². The number of alkyl halides is 5. The van der Waals surface area contributed by atoms with E-state index < -0.39 is 37.1 Å². The van der Waals surface area contributed by atoms with Crippen LogP contribution in [0.3, 0.4) is 0 Å². The molecular weight excluding hydrogens is 632 g/mol. The Labute approximate surface area is 260 Å². The van der Waals surface area contributed by atoms with Crippen LogP contribution in [0.1, 0.15) is 66.4 Å². The normalized spacial score (nSPS) is 19.8. The van der Waals surface area contributed by atoms with Gasteiger partial charge in [0.2, 0.25) is 11.8 Å². The first-order chi connectivity index (χ1) is 20.9. The molecule has 0 unspecified atom stereocenters. The third-order valence-electron chi connectivity index (χ3n) is 7.85. The van der Waals surface area contributed by atoms with Crippen molar-refractivity contribution in [3.63, 3.8) is 0 Å². The first-order valence-corrected chi connectivity index (χ1v) is 15.0. The van der Waals surface area contributed by atoms with Crippen LogP contribution in [0.4, 0.5) is 33.5 Å². The monoisotopic (exact) mass is 661 g/mol. The zero-order valence-corrected chi connectivity index (χ0v) is 24.9. The van der Waals surface area contributed by atoms with Gasteiger partial charge >= 0.3 is 6.18 Å². The summed E-state index contributed by atoms with van der Waals surface area (Å²) >= 11 is 13.0. The molecule has 238 valence electrons. The third-order valence-corrected chi connectivity index (χ3v) is 8.59. The summed E-state index contributed by atoms with van der Waals surface area (Å²) in [5, 5.41) is 9.20. The predicted octanol–water partition coefficient (Wildman–Crippen LogP) is 7.00. The predicted molar refractivity (Wildman–Crippen MR) is 155 cm³/mol. The minimum atomic E-state index is -4.29. The topological polar surface area (TPSA) is 105 Å². The highest BCUT2D eigenvalue weighted by molar-refractivity contribution is 6.40. The standard InChI is InChI=1S/C29H30Cl2F5N5O3/c30-20-8-3-15(12-37-23(42)9-14-1-2-14)24(31)25(20)39-22-11-16-10-19(28(41-26(16)40-22)44-13-21(32)33)27(43)38-18-6-4-17(5-7-18)29(34,35)36/h3,8,10,14,17-18,21H,1-2,4-7,9,11-13H2,(H,37,42)(H,38,43)(H,39,40,41). The van der Waals surface area contributed by atoms with Crippen molar-refractivity contribution in [3.8, 4) is 5.88 Å². The number of fused-ring (bicyclic) bond motifs is 1. The first kappa shape index (κ1) is 32.2. The van der Waals surface area contributed by atoms with Crippen LogP contribution < -0.4 is 20.7 Å². The summed E-state index contributed by atoms with van der Waals surface area (Å²) in [7, 11) is 0. The maximum absolute atomic E-state index is 13.2. The Morgan fingerprint density at radius 1 is 1.07 bits per heavy atom. The minimum Gasteiger partial charge on any atom is -0.471 e. The smallest absolute Gasteiger partial charge is 0.391 e. The maximum Gasteiger partial charge on any atom is 0.391 e. The number of amides is 2. The molecule has 0 radical (unpaired) electrons. The molecule has 1 aromatic carbocycles. The van der Waals surface area contributed by atoms with Gasteiger partial charge < -0.3 is 20.7 Å². The van der Waals surface area contributed by atoms with E-state index in [1.165, 1.54) is 6.07 Å². The number of hydrogen-bond donors (Lipinski definition) is 3. The van der Waals surface area contributed by atoms with Crippen LogP contribution in [-0.4, -0.2) is 47.9 Å². The quantitative estimate of drug-likeness (QED) is 0.238. The highest BCUT2D eigenvalue weighted by atomic mass is 35.5. The lowest BCUT2D eigenvalue weighted by atomic mass is 9.85. The number of anilines is 1. The van der Waals surface area contributed by atoms with Gasteiger partial charge in [-0.25, -0.2) is 13.8 Å². The Morgan fingerprint density at radius 2 is 1.80 bits per heavy atom. The SMILES string of the molecule is O=C(CC1CC1)NCc1ccc(Cl)c(NC2=Nc3nc(OCC(F)F)c(C(=O)NC4CCC(C(F)(F)F)CC4)cc3C2)c1Cl. The molecule has 1 aliphatic heterocycles. The van der Waals surface area contributed by atoms with Gasteiger partial charge in [-0.1, -0.05) is 29.3 Å². The van der Waals surface area contributed by atoms with E-state index in [-0.39, 0.29) is 71.9 Å². The Hall–Kier alpha value is -3.19. The Kier molecular flexibility index (Phi) is 9.83. The lowest BCUT2D eigenvalue weighted by molar-refractivity contribution is -0.182. The number of amidine groups is 1. The van der Waals surface area contributed by atoms with E-state index in [0.29, 0.717) is 35.0 Å². The summed E-state index contributed by atoms with van der Waals surface area (Å²) < 4.78 is 70.2. The average Bonchev–Trinajstić information content (AvgIpc) is 3.69. The molecule has 2 fully saturated rings. The fourth-order valence-corrected chi connectivity index (χ4v) is 5.79. The minimum absolute atomic E-state index is 0.0617. The van der Waals surface area contributed by atoms with Crippen molar-refractivity contribution in [1.29, 1.82) is 0 Å². The zero-order valence-electron chi connectivity index (χ0n) is 23.4. The van der Waals surface area contributed by atoms with Crippen molar-refractivity contribution in [1.82, 2.24) is 15.6 Å². The van der Waals surface area contributed by atoms with Crippen LogP contribution in [-0.2, 0) is 17.8 Å². The van der Waals surface area contributed by atoms with Gasteiger partial charge in [0.05, 0.1) is 21.7 Å². The number of halogens is 7. The molecule has 0 bridgehead atoms. The molecule has 2 heterocycles. The van der Waals surface area contributed by atoms with E-state index >= 15 is 0 Å². The third kappa shape index (κ3) is 8.09. The van der Waals surface area contributed by atoms with Crippen molar-refractivity contribution < 1.29 is 36.3 Å². The number of hydrogen-bond acceptors (Lipinski definition) is 6. The van der Waals surface area contributed by atoms with Crippen molar-refractivity contribution in [3.05, 3.63) is 44.9 Å². The lowest BCUT2D eigenvalue weighted by Gasteiger charge is -2.30. The second kappa shape index (κ2) is 13.4. The van der Waals surface area contributed by atoms with Crippen LogP contribution in [0.25, 0.3) is 0 Å². The molecule has 0 spiro atoms. The number of benzene rings is 1. The van der Waals surface area contributed by atoms with E-state index in [1.807, 2.05) is 0 Å². The number of carbonyl (C=O) groups excluding carboxylic acids is 2. The van der Waals surface area contributed by atoms with Crippen molar-refractivity contribution in [2.24, 2.45) is 16.8 Å². The molecule has 2 saturated carbocycles. The number of ether oxygens (including phenoxy) is 1. The van der Waals surface area contributed by atoms with E-state index in [0.717, 1.165) is 12.8 Å². The van der Waals surface area contributed by atoms with E-state index in [9.17, 15) is 31.5 Å². The maximum atomic E-state index is 13.2. The molecule has 15 heteroatoms. The summed E-state index contributed by atoms with van der Waals surface area (Å²) in [6.45, 7) is -0.821. The molecule has 1 aromatic heterocycles. The molecule has 2 amide bonds. The molecule has 8 nitrogen and oxygen atoms in total. The molecule has 44 heavy (non-hydrogen) atoms. The fourth-order valence-electron chi connectivity index (χ4n) is 5.26. The van der Waals surface area contributed by atoms with Gasteiger partial charge in [-0.05, 0) is 62.1 Å². The number of rotatable bonds is 10. The van der Waals surface area contributed by atoms with Crippen LogP contribution in [0, 0.1) is 11.8 Å². The number of pyridine rings is 1. The molecule has 5 rings (SSSR count). The zero-order chi connectivity index (χ0) is 31.6. The van der Waals surface area contributed by atoms with Crippen molar-refractivity contribution in [2.45, 2.75) is 76.6 Å². The molecule has 3 N–H and O–H groups in total. The Morgan fingerprint density at radius 3 is 2.45 bits per heavy atom.